The normalized spacial score (nSPS) is 15.9. The van der Waals surface area contributed by atoms with Crippen molar-refractivity contribution in [2.75, 3.05) is 0 Å². The number of nitrogens with zero attached hydrogens (tertiary/aromatic N) is 2. The zero-order chi connectivity index (χ0) is 21.3. The Hall–Kier alpha value is -3.72. The highest BCUT2D eigenvalue weighted by Crippen LogP contribution is 2.47. The van der Waals surface area contributed by atoms with E-state index in [4.69, 9.17) is 15.2 Å². The number of aromatic amines is 1. The lowest BCUT2D eigenvalue weighted by molar-refractivity contribution is 0.301. The number of ether oxygens (including phenoxy) is 2. The molecular weight excluding hydrogens is 376 g/mol. The Morgan fingerprint density at radius 3 is 2.53 bits per heavy atom. The minimum absolute atomic E-state index is 0.0693. The molecule has 3 aromatic rings. The molecule has 1 atom stereocenters. The van der Waals surface area contributed by atoms with Gasteiger partial charge in [-0.15, -0.1) is 5.10 Å². The van der Waals surface area contributed by atoms with Crippen molar-refractivity contribution in [2.24, 2.45) is 5.73 Å². The fraction of sp³-hybridized carbons (Fsp3) is 0.250. The summed E-state index contributed by atoms with van der Waals surface area (Å²) in [7, 11) is 0. The van der Waals surface area contributed by atoms with Crippen LogP contribution in [0.25, 0.3) is 0 Å². The van der Waals surface area contributed by atoms with Crippen LogP contribution < -0.4 is 15.2 Å². The van der Waals surface area contributed by atoms with E-state index in [-0.39, 0.29) is 11.3 Å². The van der Waals surface area contributed by atoms with Crippen molar-refractivity contribution < 1.29 is 9.47 Å². The average Bonchev–Trinajstić information content (AvgIpc) is 3.16. The molecule has 2 aromatic carbocycles. The minimum Gasteiger partial charge on any atom is -0.489 e. The average molecular weight is 400 g/mol. The summed E-state index contributed by atoms with van der Waals surface area (Å²) >= 11 is 0. The number of nitrogens with two attached hydrogens (primary N) is 1. The molecule has 0 spiro atoms. The molecule has 1 aliphatic heterocycles. The summed E-state index contributed by atoms with van der Waals surface area (Å²) in [6, 6.07) is 19.9. The van der Waals surface area contributed by atoms with E-state index < -0.39 is 5.92 Å². The number of nitriles is 1. The predicted molar refractivity (Wildman–Crippen MR) is 114 cm³/mol. The summed E-state index contributed by atoms with van der Waals surface area (Å²) in [5.74, 6) is 0.735. The van der Waals surface area contributed by atoms with Gasteiger partial charge >= 0.3 is 0 Å². The van der Waals surface area contributed by atoms with Crippen LogP contribution in [0.15, 0.2) is 66.1 Å². The number of hydrogen-bond acceptors (Lipinski definition) is 5. The molecule has 0 saturated heterocycles. The Balaban J connectivity index is 1.82. The molecule has 6 nitrogen and oxygen atoms in total. The molecule has 0 radical (unpaired) electrons. The van der Waals surface area contributed by atoms with Crippen molar-refractivity contribution in [1.29, 1.82) is 5.26 Å². The maximum absolute atomic E-state index is 9.91. The van der Waals surface area contributed by atoms with Gasteiger partial charge in [0.15, 0.2) is 0 Å². The Morgan fingerprint density at radius 2 is 1.83 bits per heavy atom. The second-order valence-electron chi connectivity index (χ2n) is 8.30. The molecule has 0 fully saturated rings. The van der Waals surface area contributed by atoms with Gasteiger partial charge in [0.25, 0.3) is 0 Å². The Morgan fingerprint density at radius 1 is 1.13 bits per heavy atom. The molecule has 4 rings (SSSR count). The van der Waals surface area contributed by atoms with E-state index in [1.807, 2.05) is 54.6 Å². The number of aromatic nitrogens is 2. The maximum Gasteiger partial charge on any atom is 0.244 e. The van der Waals surface area contributed by atoms with Crippen molar-refractivity contribution >= 4 is 0 Å². The molecule has 152 valence electrons. The van der Waals surface area contributed by atoms with Gasteiger partial charge in [0.05, 0.1) is 11.5 Å². The highest BCUT2D eigenvalue weighted by Gasteiger charge is 2.39. The van der Waals surface area contributed by atoms with Crippen LogP contribution in [0.2, 0.25) is 0 Å². The van der Waals surface area contributed by atoms with Gasteiger partial charge in [-0.25, -0.2) is 0 Å². The third kappa shape index (κ3) is 3.50. The van der Waals surface area contributed by atoms with Crippen LogP contribution in [-0.4, -0.2) is 10.2 Å². The zero-order valence-electron chi connectivity index (χ0n) is 17.3. The van der Waals surface area contributed by atoms with E-state index in [1.165, 1.54) is 0 Å². The fourth-order valence-electron chi connectivity index (χ4n) is 3.71. The molecule has 1 aromatic heterocycles. The van der Waals surface area contributed by atoms with Crippen LogP contribution >= 0.6 is 0 Å². The van der Waals surface area contributed by atoms with Gasteiger partial charge in [0, 0.05) is 16.7 Å². The SMILES string of the molecule is CC(C)(C)c1[nH]nc2c1[C@H](c1ccccc1OCc1ccccc1)C(C#N)=C(N)O2. The number of benzene rings is 2. The molecule has 0 saturated carbocycles. The number of H-pyrrole nitrogens is 1. The summed E-state index contributed by atoms with van der Waals surface area (Å²) in [5.41, 5.74) is 9.87. The van der Waals surface area contributed by atoms with Crippen LogP contribution in [0.5, 0.6) is 11.6 Å². The molecule has 0 amide bonds. The summed E-state index contributed by atoms with van der Waals surface area (Å²) in [6.45, 7) is 6.68. The lowest BCUT2D eigenvalue weighted by atomic mass is 9.78. The fourth-order valence-corrected chi connectivity index (χ4v) is 3.71. The first-order valence-corrected chi connectivity index (χ1v) is 9.82. The summed E-state index contributed by atoms with van der Waals surface area (Å²) in [6.07, 6.45) is 0. The second kappa shape index (κ2) is 7.60. The maximum atomic E-state index is 9.91. The number of fused-ring (bicyclic) bond motifs is 1. The van der Waals surface area contributed by atoms with Gasteiger partial charge in [0.2, 0.25) is 11.8 Å². The molecule has 6 heteroatoms. The van der Waals surface area contributed by atoms with Gasteiger partial charge in [-0.05, 0) is 11.6 Å². The van der Waals surface area contributed by atoms with Crippen LogP contribution in [0.3, 0.4) is 0 Å². The largest absolute Gasteiger partial charge is 0.489 e. The highest BCUT2D eigenvalue weighted by molar-refractivity contribution is 5.59. The third-order valence-corrected chi connectivity index (χ3v) is 5.16. The number of allylic oxidation sites excluding steroid dienone is 1. The molecule has 30 heavy (non-hydrogen) atoms. The van der Waals surface area contributed by atoms with Crippen molar-refractivity contribution in [2.45, 2.75) is 38.7 Å². The smallest absolute Gasteiger partial charge is 0.244 e. The predicted octanol–water partition coefficient (Wildman–Crippen LogP) is 4.50. The van der Waals surface area contributed by atoms with Crippen molar-refractivity contribution in [3.05, 3.63) is 88.4 Å². The minimum atomic E-state index is -0.432. The van der Waals surface area contributed by atoms with E-state index >= 15 is 0 Å². The molecule has 3 N–H and O–H groups in total. The standard InChI is InChI=1S/C24H24N4O2/c1-24(2,3)21-20-19(17(13-25)22(26)30-23(20)28-27-21)16-11-7-8-12-18(16)29-14-15-9-5-4-6-10-15/h4-12,19H,14,26H2,1-3H3,(H,27,28)/t19-/m1/s1. The Labute approximate surface area is 175 Å². The Kier molecular flexibility index (Phi) is 4.96. The van der Waals surface area contributed by atoms with Gasteiger partial charge in [-0.3, -0.25) is 5.10 Å². The van der Waals surface area contributed by atoms with E-state index in [2.05, 4.69) is 37.0 Å². The molecule has 0 aliphatic carbocycles. The molecular formula is C24H24N4O2. The van der Waals surface area contributed by atoms with Crippen LogP contribution in [-0.2, 0) is 12.0 Å². The number of para-hydroxylation sites is 1. The first-order valence-electron chi connectivity index (χ1n) is 9.82. The van der Waals surface area contributed by atoms with E-state index in [1.54, 1.807) is 0 Å². The van der Waals surface area contributed by atoms with E-state index in [0.717, 1.165) is 22.4 Å². The van der Waals surface area contributed by atoms with Gasteiger partial charge in [0.1, 0.15) is 24.0 Å². The molecule has 0 unspecified atom stereocenters. The van der Waals surface area contributed by atoms with E-state index in [9.17, 15) is 5.26 Å². The number of hydrogen-bond donors (Lipinski definition) is 2. The second-order valence-corrected chi connectivity index (χ2v) is 8.30. The van der Waals surface area contributed by atoms with Crippen molar-refractivity contribution in [3.63, 3.8) is 0 Å². The van der Waals surface area contributed by atoms with Crippen molar-refractivity contribution in [1.82, 2.24) is 10.2 Å². The lowest BCUT2D eigenvalue weighted by Gasteiger charge is -2.28. The zero-order valence-corrected chi connectivity index (χ0v) is 17.3. The van der Waals surface area contributed by atoms with Crippen LogP contribution in [0, 0.1) is 11.3 Å². The first-order chi connectivity index (χ1) is 14.4. The van der Waals surface area contributed by atoms with E-state index in [0.29, 0.717) is 23.8 Å². The van der Waals surface area contributed by atoms with Gasteiger partial charge in [-0.2, -0.15) is 5.26 Å². The van der Waals surface area contributed by atoms with Gasteiger partial charge in [-0.1, -0.05) is 69.3 Å². The first kappa shape index (κ1) is 19.6. The third-order valence-electron chi connectivity index (χ3n) is 5.16. The summed E-state index contributed by atoms with van der Waals surface area (Å²) in [5, 5.41) is 17.3. The number of nitrogens with one attached hydrogen (secondary N) is 1. The van der Waals surface area contributed by atoms with Crippen LogP contribution in [0.1, 0.15) is 49.1 Å². The number of rotatable bonds is 4. The van der Waals surface area contributed by atoms with Crippen LogP contribution in [0.4, 0.5) is 0 Å². The summed E-state index contributed by atoms with van der Waals surface area (Å²) in [4.78, 5) is 0. The van der Waals surface area contributed by atoms with Crippen molar-refractivity contribution in [3.8, 4) is 17.7 Å². The topological polar surface area (TPSA) is 97.0 Å². The quantitative estimate of drug-likeness (QED) is 0.672. The monoisotopic (exact) mass is 400 g/mol. The van der Waals surface area contributed by atoms with Gasteiger partial charge < -0.3 is 15.2 Å². The molecule has 1 aliphatic rings. The molecule has 2 heterocycles. The summed E-state index contributed by atoms with van der Waals surface area (Å²) < 4.78 is 11.9. The molecule has 0 bridgehead atoms. The highest BCUT2D eigenvalue weighted by atomic mass is 16.5. The Bertz CT molecular complexity index is 1130. The lowest BCUT2D eigenvalue weighted by Crippen LogP contribution is -2.24.